The fourth-order valence-electron chi connectivity index (χ4n) is 3.14. The summed E-state index contributed by atoms with van der Waals surface area (Å²) in [5.74, 6) is -1.55. The Bertz CT molecular complexity index is 959. The van der Waals surface area contributed by atoms with Gasteiger partial charge in [0.2, 0.25) is 15.9 Å². The largest absolute Gasteiger partial charge is 0.325 e. The predicted octanol–water partition coefficient (Wildman–Crippen LogP) is 4.42. The summed E-state index contributed by atoms with van der Waals surface area (Å²) in [5.41, 5.74) is 0.648. The Morgan fingerprint density at radius 2 is 1.86 bits per heavy atom. The van der Waals surface area contributed by atoms with Gasteiger partial charge in [-0.15, -0.1) is 0 Å². The monoisotopic (exact) mass is 488 g/mol. The molecule has 0 aliphatic carbocycles. The van der Waals surface area contributed by atoms with E-state index in [0.29, 0.717) is 18.5 Å². The molecule has 0 radical (unpaired) electrons. The molecule has 0 bridgehead atoms. The number of sulfonamides is 1. The average molecular weight is 490 g/mol. The number of hydrogen-bond donors (Lipinski definition) is 1. The minimum atomic E-state index is -3.73. The van der Waals surface area contributed by atoms with Crippen LogP contribution in [0.2, 0.25) is 5.02 Å². The van der Waals surface area contributed by atoms with E-state index < -0.39 is 21.6 Å². The van der Waals surface area contributed by atoms with Gasteiger partial charge in [-0.1, -0.05) is 29.8 Å². The van der Waals surface area contributed by atoms with Crippen LogP contribution in [0.1, 0.15) is 18.4 Å². The second kappa shape index (κ2) is 8.90. The molecule has 150 valence electrons. The van der Waals surface area contributed by atoms with E-state index in [1.807, 2.05) is 18.2 Å². The number of para-hydroxylation sites is 1. The highest BCUT2D eigenvalue weighted by Crippen LogP contribution is 2.27. The van der Waals surface area contributed by atoms with Crippen molar-refractivity contribution in [2.45, 2.75) is 18.6 Å². The SMILES string of the molecule is O=C(Nc1ccccc1Br)C1CCN(S(=O)(=O)Cc2c(F)cccc2Cl)CC1. The number of carbonyl (C=O) groups is 1. The number of amides is 1. The van der Waals surface area contributed by atoms with E-state index in [4.69, 9.17) is 11.6 Å². The molecular weight excluding hydrogens is 471 g/mol. The Morgan fingerprint density at radius 1 is 1.18 bits per heavy atom. The van der Waals surface area contributed by atoms with Crippen LogP contribution < -0.4 is 5.32 Å². The molecule has 0 unspecified atom stereocenters. The molecule has 0 aromatic heterocycles. The number of piperidine rings is 1. The first-order valence-electron chi connectivity index (χ1n) is 8.74. The van der Waals surface area contributed by atoms with Crippen molar-refractivity contribution < 1.29 is 17.6 Å². The van der Waals surface area contributed by atoms with Gasteiger partial charge in [-0.3, -0.25) is 4.79 Å². The molecule has 2 aromatic rings. The number of hydrogen-bond acceptors (Lipinski definition) is 3. The maximum Gasteiger partial charge on any atom is 0.227 e. The van der Waals surface area contributed by atoms with Crippen LogP contribution in [-0.2, 0) is 20.6 Å². The maximum atomic E-state index is 13.9. The summed E-state index contributed by atoms with van der Waals surface area (Å²) in [7, 11) is -3.73. The Balaban J connectivity index is 1.61. The Hall–Kier alpha value is -1.48. The van der Waals surface area contributed by atoms with Crippen LogP contribution in [0.4, 0.5) is 10.1 Å². The van der Waals surface area contributed by atoms with E-state index in [0.717, 1.165) is 4.47 Å². The smallest absolute Gasteiger partial charge is 0.227 e. The van der Waals surface area contributed by atoms with Gasteiger partial charge in [0.1, 0.15) is 5.82 Å². The third-order valence-corrected chi connectivity index (χ3v) is 7.59. The summed E-state index contributed by atoms with van der Waals surface area (Å²) in [6.07, 6.45) is 0.807. The lowest BCUT2D eigenvalue weighted by Gasteiger charge is -2.30. The molecule has 2 aromatic carbocycles. The van der Waals surface area contributed by atoms with Gasteiger partial charge in [-0.2, -0.15) is 0 Å². The second-order valence-corrected chi connectivity index (χ2v) is 9.83. The van der Waals surface area contributed by atoms with E-state index in [-0.39, 0.29) is 35.5 Å². The number of nitrogens with one attached hydrogen (secondary N) is 1. The Morgan fingerprint density at radius 3 is 2.50 bits per heavy atom. The summed E-state index contributed by atoms with van der Waals surface area (Å²) >= 11 is 9.33. The van der Waals surface area contributed by atoms with Crippen molar-refractivity contribution in [3.05, 3.63) is 63.3 Å². The molecule has 1 amide bonds. The fraction of sp³-hybridized carbons (Fsp3) is 0.316. The van der Waals surface area contributed by atoms with E-state index in [1.54, 1.807) is 6.07 Å². The minimum absolute atomic E-state index is 0.0297. The maximum absolute atomic E-state index is 13.9. The number of benzene rings is 2. The third-order valence-electron chi connectivity index (χ3n) is 4.74. The molecule has 3 rings (SSSR count). The lowest BCUT2D eigenvalue weighted by Crippen LogP contribution is -2.42. The summed E-state index contributed by atoms with van der Waals surface area (Å²) < 4.78 is 41.3. The van der Waals surface area contributed by atoms with Gasteiger partial charge in [0, 0.05) is 34.1 Å². The molecule has 28 heavy (non-hydrogen) atoms. The van der Waals surface area contributed by atoms with Crippen LogP contribution in [0.3, 0.4) is 0 Å². The minimum Gasteiger partial charge on any atom is -0.325 e. The quantitative estimate of drug-likeness (QED) is 0.676. The summed E-state index contributed by atoms with van der Waals surface area (Å²) in [6.45, 7) is 0.422. The van der Waals surface area contributed by atoms with Crippen LogP contribution in [0.5, 0.6) is 0 Å². The van der Waals surface area contributed by atoms with Crippen LogP contribution in [-0.4, -0.2) is 31.7 Å². The molecule has 1 aliphatic heterocycles. The van der Waals surface area contributed by atoms with Gasteiger partial charge in [0.25, 0.3) is 0 Å². The standard InChI is InChI=1S/C19H19BrClFN2O3S/c20-15-4-1-2-7-18(15)23-19(25)13-8-10-24(11-9-13)28(26,27)12-14-16(21)5-3-6-17(14)22/h1-7,13H,8-12H2,(H,23,25). The van der Waals surface area contributed by atoms with Crippen molar-refractivity contribution in [1.29, 1.82) is 0 Å². The molecule has 1 aliphatic rings. The third kappa shape index (κ3) is 4.92. The first kappa shape index (κ1) is 21.2. The molecule has 9 heteroatoms. The zero-order valence-electron chi connectivity index (χ0n) is 14.9. The highest BCUT2D eigenvalue weighted by atomic mass is 79.9. The second-order valence-electron chi connectivity index (χ2n) is 6.60. The van der Waals surface area contributed by atoms with Gasteiger partial charge in [0.15, 0.2) is 0 Å². The fourth-order valence-corrected chi connectivity index (χ4v) is 5.44. The first-order valence-corrected chi connectivity index (χ1v) is 11.5. The van der Waals surface area contributed by atoms with E-state index in [9.17, 15) is 17.6 Å². The number of carbonyl (C=O) groups excluding carboxylic acids is 1. The lowest BCUT2D eigenvalue weighted by molar-refractivity contribution is -0.120. The van der Waals surface area contributed by atoms with Crippen molar-refractivity contribution in [3.63, 3.8) is 0 Å². The molecular formula is C19H19BrClFN2O3S. The van der Waals surface area contributed by atoms with Gasteiger partial charge in [-0.25, -0.2) is 17.1 Å². The summed E-state index contributed by atoms with van der Waals surface area (Å²) in [6, 6.07) is 11.4. The average Bonchev–Trinajstić information content (AvgIpc) is 2.67. The Labute approximate surface area is 177 Å². The number of rotatable bonds is 5. The van der Waals surface area contributed by atoms with Gasteiger partial charge >= 0.3 is 0 Å². The highest BCUT2D eigenvalue weighted by Gasteiger charge is 2.32. The molecule has 5 nitrogen and oxygen atoms in total. The van der Waals surface area contributed by atoms with E-state index in [2.05, 4.69) is 21.2 Å². The van der Waals surface area contributed by atoms with E-state index >= 15 is 0 Å². The van der Waals surface area contributed by atoms with Crippen molar-refractivity contribution in [1.82, 2.24) is 4.31 Å². The highest BCUT2D eigenvalue weighted by molar-refractivity contribution is 9.10. The normalized spacial score (nSPS) is 16.1. The van der Waals surface area contributed by atoms with Crippen LogP contribution in [0.15, 0.2) is 46.9 Å². The van der Waals surface area contributed by atoms with Gasteiger partial charge in [-0.05, 0) is 53.0 Å². The van der Waals surface area contributed by atoms with E-state index in [1.165, 1.54) is 22.5 Å². The zero-order valence-corrected chi connectivity index (χ0v) is 18.0. The van der Waals surface area contributed by atoms with Crippen molar-refractivity contribution in [3.8, 4) is 0 Å². The molecule has 1 saturated heterocycles. The molecule has 1 N–H and O–H groups in total. The molecule has 1 heterocycles. The summed E-state index contributed by atoms with van der Waals surface area (Å²) in [4.78, 5) is 12.5. The zero-order chi connectivity index (χ0) is 20.3. The number of anilines is 1. The Kier molecular flexibility index (Phi) is 6.75. The molecule has 0 saturated carbocycles. The van der Waals surface area contributed by atoms with Crippen LogP contribution in [0.25, 0.3) is 0 Å². The molecule has 0 spiro atoms. The number of halogens is 3. The van der Waals surface area contributed by atoms with Crippen molar-refractivity contribution >= 4 is 49.1 Å². The topological polar surface area (TPSA) is 66.5 Å². The van der Waals surface area contributed by atoms with Gasteiger partial charge in [0.05, 0.1) is 11.4 Å². The van der Waals surface area contributed by atoms with Crippen molar-refractivity contribution in [2.24, 2.45) is 5.92 Å². The van der Waals surface area contributed by atoms with Gasteiger partial charge < -0.3 is 5.32 Å². The van der Waals surface area contributed by atoms with Crippen LogP contribution >= 0.6 is 27.5 Å². The molecule has 0 atom stereocenters. The predicted molar refractivity (Wildman–Crippen MR) is 111 cm³/mol. The lowest BCUT2D eigenvalue weighted by atomic mass is 9.97. The first-order chi connectivity index (χ1) is 13.3. The summed E-state index contributed by atoms with van der Waals surface area (Å²) in [5, 5.41) is 2.96. The molecule has 1 fully saturated rings. The van der Waals surface area contributed by atoms with Crippen LogP contribution in [0, 0.1) is 11.7 Å². The number of nitrogens with zero attached hydrogens (tertiary/aromatic N) is 1. The van der Waals surface area contributed by atoms with Crippen molar-refractivity contribution in [2.75, 3.05) is 18.4 Å².